The molecular formula is C12H26N2O. The molecule has 0 rings (SSSR count). The lowest BCUT2D eigenvalue weighted by Gasteiger charge is -2.30. The van der Waals surface area contributed by atoms with E-state index in [4.69, 9.17) is 0 Å². The van der Waals surface area contributed by atoms with Gasteiger partial charge in [0, 0.05) is 26.2 Å². The minimum Gasteiger partial charge on any atom is -0.328 e. The predicted molar refractivity (Wildman–Crippen MR) is 65.1 cm³/mol. The van der Waals surface area contributed by atoms with Crippen LogP contribution in [0.2, 0.25) is 0 Å². The number of unbranched alkanes of at least 4 members (excludes halogenated alkanes) is 2. The maximum absolute atomic E-state index is 12.0. The van der Waals surface area contributed by atoms with Crippen molar-refractivity contribution in [2.24, 2.45) is 0 Å². The Balaban J connectivity index is 4.19. The molecule has 0 aromatic rings. The summed E-state index contributed by atoms with van der Waals surface area (Å²) in [6, 6.07) is 0.451. The molecule has 0 aliphatic heterocycles. The Morgan fingerprint density at radius 1 is 1.20 bits per heavy atom. The normalized spacial score (nSPS) is 10.5. The second kappa shape index (κ2) is 7.55. The van der Waals surface area contributed by atoms with Crippen LogP contribution in [0, 0.1) is 0 Å². The van der Waals surface area contributed by atoms with Gasteiger partial charge in [-0.25, -0.2) is 4.79 Å². The van der Waals surface area contributed by atoms with Crippen LogP contribution in [0.5, 0.6) is 0 Å². The summed E-state index contributed by atoms with van der Waals surface area (Å²) in [5.41, 5.74) is 0. The van der Waals surface area contributed by atoms with E-state index >= 15 is 0 Å². The molecule has 0 aliphatic carbocycles. The van der Waals surface area contributed by atoms with E-state index < -0.39 is 0 Å². The van der Waals surface area contributed by atoms with Crippen molar-refractivity contribution in [2.45, 2.75) is 53.0 Å². The molecule has 0 N–H and O–H groups in total. The Labute approximate surface area is 94.4 Å². The molecule has 0 atom stereocenters. The average molecular weight is 214 g/mol. The van der Waals surface area contributed by atoms with Crippen molar-refractivity contribution < 1.29 is 4.79 Å². The summed E-state index contributed by atoms with van der Waals surface area (Å²) >= 11 is 0. The zero-order chi connectivity index (χ0) is 11.8. The molecule has 0 radical (unpaired) electrons. The highest BCUT2D eigenvalue weighted by molar-refractivity contribution is 5.74. The molecule has 15 heavy (non-hydrogen) atoms. The van der Waals surface area contributed by atoms with E-state index in [1.54, 1.807) is 4.90 Å². The number of nitrogens with zero attached hydrogens (tertiary/aromatic N) is 2. The zero-order valence-electron chi connectivity index (χ0n) is 10.9. The average Bonchev–Trinajstić information content (AvgIpc) is 2.22. The largest absolute Gasteiger partial charge is 0.328 e. The summed E-state index contributed by atoms with van der Waals surface area (Å²) in [6.45, 7) is 9.99. The van der Waals surface area contributed by atoms with Gasteiger partial charge in [-0.05, 0) is 27.2 Å². The van der Waals surface area contributed by atoms with Crippen LogP contribution in [0.1, 0.15) is 47.0 Å². The highest BCUT2D eigenvalue weighted by Crippen LogP contribution is 2.06. The number of amides is 2. The number of carbonyl (C=O) groups excluding carboxylic acids is 1. The molecule has 0 fully saturated rings. The summed E-state index contributed by atoms with van der Waals surface area (Å²) in [5.74, 6) is 0. The molecule has 0 unspecified atom stereocenters. The molecule has 90 valence electrons. The van der Waals surface area contributed by atoms with Crippen LogP contribution in [0.3, 0.4) is 0 Å². The fourth-order valence-electron chi connectivity index (χ4n) is 1.46. The van der Waals surface area contributed by atoms with Crippen molar-refractivity contribution in [3.8, 4) is 0 Å². The first-order valence-electron chi connectivity index (χ1n) is 6.06. The zero-order valence-corrected chi connectivity index (χ0v) is 10.9. The summed E-state index contributed by atoms with van der Waals surface area (Å²) in [5, 5.41) is 0. The molecule has 0 aromatic heterocycles. The molecule has 0 saturated carbocycles. The van der Waals surface area contributed by atoms with Gasteiger partial charge in [0.1, 0.15) is 0 Å². The van der Waals surface area contributed by atoms with E-state index in [2.05, 4.69) is 20.8 Å². The third-order valence-electron chi connectivity index (χ3n) is 2.67. The Kier molecular flexibility index (Phi) is 7.18. The smallest absolute Gasteiger partial charge is 0.319 e. The van der Waals surface area contributed by atoms with Crippen LogP contribution in [0.4, 0.5) is 4.79 Å². The third-order valence-corrected chi connectivity index (χ3v) is 2.67. The molecule has 0 spiro atoms. The van der Waals surface area contributed by atoms with Crippen LogP contribution in [0.15, 0.2) is 0 Å². The molecule has 0 bridgehead atoms. The van der Waals surface area contributed by atoms with Crippen molar-refractivity contribution >= 4 is 6.03 Å². The molecule has 0 aromatic carbocycles. The van der Waals surface area contributed by atoms with Crippen molar-refractivity contribution in [1.82, 2.24) is 9.80 Å². The molecule has 2 amide bonds. The first kappa shape index (κ1) is 14.3. The lowest BCUT2D eigenvalue weighted by Crippen LogP contribution is -2.45. The van der Waals surface area contributed by atoms with Gasteiger partial charge in [-0.3, -0.25) is 0 Å². The minimum absolute atomic E-state index is 0.156. The highest BCUT2D eigenvalue weighted by atomic mass is 16.2. The van der Waals surface area contributed by atoms with E-state index in [9.17, 15) is 4.79 Å². The third kappa shape index (κ3) is 5.05. The molecular weight excluding hydrogens is 188 g/mol. The first-order valence-corrected chi connectivity index (χ1v) is 6.06. The van der Waals surface area contributed by atoms with E-state index in [1.165, 1.54) is 12.8 Å². The van der Waals surface area contributed by atoms with Crippen LogP contribution in [-0.4, -0.2) is 42.0 Å². The van der Waals surface area contributed by atoms with Gasteiger partial charge >= 0.3 is 6.03 Å². The molecule has 3 heteroatoms. The van der Waals surface area contributed by atoms with Crippen LogP contribution in [-0.2, 0) is 0 Å². The van der Waals surface area contributed by atoms with E-state index in [-0.39, 0.29) is 6.03 Å². The number of rotatable bonds is 6. The Morgan fingerprint density at radius 3 is 2.20 bits per heavy atom. The van der Waals surface area contributed by atoms with Gasteiger partial charge in [-0.2, -0.15) is 0 Å². The van der Waals surface area contributed by atoms with Gasteiger partial charge in [-0.15, -0.1) is 0 Å². The van der Waals surface area contributed by atoms with Gasteiger partial charge in [-0.1, -0.05) is 19.8 Å². The van der Waals surface area contributed by atoms with Crippen molar-refractivity contribution in [1.29, 1.82) is 0 Å². The second-order valence-electron chi connectivity index (χ2n) is 4.29. The fraction of sp³-hybridized carbons (Fsp3) is 0.917. The van der Waals surface area contributed by atoms with E-state index in [0.29, 0.717) is 6.04 Å². The standard InChI is InChI=1S/C12H26N2O/c1-6-8-9-10-14(11(3)4)12(15)13(5)7-2/h11H,6-10H2,1-5H3. The monoisotopic (exact) mass is 214 g/mol. The Hall–Kier alpha value is -0.730. The van der Waals surface area contributed by atoms with Crippen LogP contribution < -0.4 is 0 Å². The van der Waals surface area contributed by atoms with Crippen molar-refractivity contribution in [2.75, 3.05) is 20.1 Å². The van der Waals surface area contributed by atoms with E-state index in [0.717, 1.165) is 19.5 Å². The lowest BCUT2D eigenvalue weighted by molar-refractivity contribution is 0.150. The summed E-state index contributed by atoms with van der Waals surface area (Å²) in [6.07, 6.45) is 3.51. The quantitative estimate of drug-likeness (QED) is 0.624. The van der Waals surface area contributed by atoms with Gasteiger partial charge in [0.05, 0.1) is 0 Å². The molecule has 0 heterocycles. The van der Waals surface area contributed by atoms with Gasteiger partial charge in [0.15, 0.2) is 0 Å². The van der Waals surface area contributed by atoms with Crippen LogP contribution in [0.25, 0.3) is 0 Å². The lowest BCUT2D eigenvalue weighted by atomic mass is 10.2. The molecule has 0 aliphatic rings. The Bertz CT molecular complexity index is 180. The van der Waals surface area contributed by atoms with Gasteiger partial charge in [0.25, 0.3) is 0 Å². The topological polar surface area (TPSA) is 23.6 Å². The number of urea groups is 1. The first-order chi connectivity index (χ1) is 7.04. The number of carbonyl (C=O) groups is 1. The summed E-state index contributed by atoms with van der Waals surface area (Å²) in [7, 11) is 1.86. The highest BCUT2D eigenvalue weighted by Gasteiger charge is 2.18. The Morgan fingerprint density at radius 2 is 1.80 bits per heavy atom. The SMILES string of the molecule is CCCCCN(C(=O)N(C)CC)C(C)C. The van der Waals surface area contributed by atoms with Crippen LogP contribution >= 0.6 is 0 Å². The predicted octanol–water partition coefficient (Wildman–Crippen LogP) is 2.96. The molecule has 0 saturated heterocycles. The fourth-order valence-corrected chi connectivity index (χ4v) is 1.46. The van der Waals surface area contributed by atoms with Gasteiger partial charge < -0.3 is 9.80 Å². The van der Waals surface area contributed by atoms with Gasteiger partial charge in [0.2, 0.25) is 0 Å². The van der Waals surface area contributed by atoms with Crippen molar-refractivity contribution in [3.63, 3.8) is 0 Å². The minimum atomic E-state index is 0.156. The van der Waals surface area contributed by atoms with Crippen molar-refractivity contribution in [3.05, 3.63) is 0 Å². The number of hydrogen-bond donors (Lipinski definition) is 0. The molecule has 3 nitrogen and oxygen atoms in total. The summed E-state index contributed by atoms with van der Waals surface area (Å²) in [4.78, 5) is 15.7. The maximum atomic E-state index is 12.0. The second-order valence-corrected chi connectivity index (χ2v) is 4.29. The summed E-state index contributed by atoms with van der Waals surface area (Å²) < 4.78 is 0. The number of hydrogen-bond acceptors (Lipinski definition) is 1. The maximum Gasteiger partial charge on any atom is 0.319 e. The van der Waals surface area contributed by atoms with E-state index in [1.807, 2.05) is 18.9 Å².